The SMILES string of the molecule is Cn1nc(CC(=O)O)c2c1CCC2. The van der Waals surface area contributed by atoms with Crippen LogP contribution < -0.4 is 0 Å². The van der Waals surface area contributed by atoms with E-state index in [0.29, 0.717) is 0 Å². The van der Waals surface area contributed by atoms with Gasteiger partial charge in [-0.3, -0.25) is 9.48 Å². The molecule has 0 saturated heterocycles. The summed E-state index contributed by atoms with van der Waals surface area (Å²) in [6.45, 7) is 0. The minimum absolute atomic E-state index is 0.0587. The standard InChI is InChI=1S/C9H12N2O2/c1-11-8-4-2-3-6(8)7(10-11)5-9(12)13/h2-5H2,1H3,(H,12,13). The predicted molar refractivity (Wildman–Crippen MR) is 46.6 cm³/mol. The van der Waals surface area contributed by atoms with E-state index in [9.17, 15) is 4.79 Å². The quantitative estimate of drug-likeness (QED) is 0.722. The van der Waals surface area contributed by atoms with Crippen molar-refractivity contribution in [2.75, 3.05) is 0 Å². The molecule has 0 spiro atoms. The molecule has 0 unspecified atom stereocenters. The zero-order chi connectivity index (χ0) is 9.42. The molecule has 0 aromatic carbocycles. The van der Waals surface area contributed by atoms with Crippen molar-refractivity contribution >= 4 is 5.97 Å². The summed E-state index contributed by atoms with van der Waals surface area (Å²) >= 11 is 0. The topological polar surface area (TPSA) is 55.1 Å². The van der Waals surface area contributed by atoms with Crippen LogP contribution in [0.4, 0.5) is 0 Å². The molecular weight excluding hydrogens is 168 g/mol. The number of rotatable bonds is 2. The minimum Gasteiger partial charge on any atom is -0.481 e. The van der Waals surface area contributed by atoms with E-state index in [4.69, 9.17) is 5.11 Å². The molecule has 0 radical (unpaired) electrons. The first kappa shape index (κ1) is 8.29. The van der Waals surface area contributed by atoms with Gasteiger partial charge in [-0.25, -0.2) is 0 Å². The van der Waals surface area contributed by atoms with Gasteiger partial charge in [-0.15, -0.1) is 0 Å². The molecule has 13 heavy (non-hydrogen) atoms. The summed E-state index contributed by atoms with van der Waals surface area (Å²) in [6.07, 6.45) is 3.22. The van der Waals surface area contributed by atoms with Gasteiger partial charge in [0.2, 0.25) is 0 Å². The van der Waals surface area contributed by atoms with Gasteiger partial charge in [0.25, 0.3) is 0 Å². The van der Waals surface area contributed by atoms with Crippen LogP contribution in [-0.4, -0.2) is 20.9 Å². The second-order valence-corrected chi connectivity index (χ2v) is 3.42. The van der Waals surface area contributed by atoms with Crippen LogP contribution in [0.15, 0.2) is 0 Å². The fourth-order valence-electron chi connectivity index (χ4n) is 1.98. The predicted octanol–water partition coefficient (Wildman–Crippen LogP) is 0.536. The first-order valence-corrected chi connectivity index (χ1v) is 4.44. The zero-order valence-corrected chi connectivity index (χ0v) is 7.58. The van der Waals surface area contributed by atoms with Crippen molar-refractivity contribution in [2.45, 2.75) is 25.7 Å². The number of aliphatic carboxylic acids is 1. The lowest BCUT2D eigenvalue weighted by Crippen LogP contribution is -2.03. The van der Waals surface area contributed by atoms with Crippen LogP contribution in [0.3, 0.4) is 0 Å². The number of aryl methyl sites for hydroxylation is 1. The van der Waals surface area contributed by atoms with Crippen molar-refractivity contribution in [3.8, 4) is 0 Å². The van der Waals surface area contributed by atoms with Crippen molar-refractivity contribution in [2.24, 2.45) is 7.05 Å². The highest BCUT2D eigenvalue weighted by Gasteiger charge is 2.21. The Morgan fingerprint density at radius 1 is 1.62 bits per heavy atom. The molecule has 1 aliphatic carbocycles. The lowest BCUT2D eigenvalue weighted by atomic mass is 10.1. The van der Waals surface area contributed by atoms with E-state index in [1.165, 1.54) is 11.3 Å². The Kier molecular flexibility index (Phi) is 1.83. The Bertz CT molecular complexity index is 355. The highest BCUT2D eigenvalue weighted by atomic mass is 16.4. The largest absolute Gasteiger partial charge is 0.481 e. The molecule has 1 heterocycles. The van der Waals surface area contributed by atoms with Crippen molar-refractivity contribution < 1.29 is 9.90 Å². The number of nitrogens with zero attached hydrogens (tertiary/aromatic N) is 2. The summed E-state index contributed by atoms with van der Waals surface area (Å²) in [5, 5.41) is 12.9. The molecule has 1 aromatic heterocycles. The van der Waals surface area contributed by atoms with E-state index < -0.39 is 5.97 Å². The monoisotopic (exact) mass is 180 g/mol. The average molecular weight is 180 g/mol. The Hall–Kier alpha value is -1.32. The molecule has 1 N–H and O–H groups in total. The zero-order valence-electron chi connectivity index (χ0n) is 7.58. The van der Waals surface area contributed by atoms with E-state index >= 15 is 0 Å². The number of carboxylic acids is 1. The molecule has 1 aromatic rings. The summed E-state index contributed by atoms with van der Waals surface area (Å²) in [5.41, 5.74) is 3.14. The van der Waals surface area contributed by atoms with Gasteiger partial charge in [0.15, 0.2) is 0 Å². The lowest BCUT2D eigenvalue weighted by Gasteiger charge is -1.93. The van der Waals surface area contributed by atoms with E-state index in [1.54, 1.807) is 0 Å². The van der Waals surface area contributed by atoms with Crippen LogP contribution in [-0.2, 0) is 31.1 Å². The first-order chi connectivity index (χ1) is 6.18. The van der Waals surface area contributed by atoms with Gasteiger partial charge in [0.1, 0.15) is 0 Å². The van der Waals surface area contributed by atoms with Crippen molar-refractivity contribution in [3.63, 3.8) is 0 Å². The van der Waals surface area contributed by atoms with Gasteiger partial charge < -0.3 is 5.11 Å². The normalized spacial score (nSPS) is 14.5. The maximum atomic E-state index is 10.5. The van der Waals surface area contributed by atoms with Crippen LogP contribution in [0.5, 0.6) is 0 Å². The van der Waals surface area contributed by atoms with Crippen LogP contribution in [0.25, 0.3) is 0 Å². The molecule has 4 nitrogen and oxygen atoms in total. The third-order valence-electron chi connectivity index (χ3n) is 2.52. The van der Waals surface area contributed by atoms with Gasteiger partial charge in [-0.1, -0.05) is 0 Å². The number of hydrogen-bond donors (Lipinski definition) is 1. The second-order valence-electron chi connectivity index (χ2n) is 3.42. The van der Waals surface area contributed by atoms with E-state index in [0.717, 1.165) is 25.0 Å². The Labute approximate surface area is 76.2 Å². The third-order valence-corrected chi connectivity index (χ3v) is 2.52. The smallest absolute Gasteiger partial charge is 0.309 e. The average Bonchev–Trinajstić information content (AvgIpc) is 2.56. The van der Waals surface area contributed by atoms with E-state index in [-0.39, 0.29) is 6.42 Å². The van der Waals surface area contributed by atoms with Gasteiger partial charge in [0.05, 0.1) is 12.1 Å². The first-order valence-electron chi connectivity index (χ1n) is 4.44. The molecule has 0 bridgehead atoms. The highest BCUT2D eigenvalue weighted by molar-refractivity contribution is 5.70. The van der Waals surface area contributed by atoms with E-state index in [1.807, 2.05) is 11.7 Å². The summed E-state index contributed by atoms with van der Waals surface area (Å²) in [5.74, 6) is -0.798. The molecular formula is C9H12N2O2. The minimum atomic E-state index is -0.798. The second kappa shape index (κ2) is 2.87. The van der Waals surface area contributed by atoms with Gasteiger partial charge in [0, 0.05) is 12.7 Å². The molecule has 1 aliphatic rings. The fourth-order valence-corrected chi connectivity index (χ4v) is 1.98. The maximum absolute atomic E-state index is 10.5. The van der Waals surface area contributed by atoms with Gasteiger partial charge in [-0.05, 0) is 24.8 Å². The number of fused-ring (bicyclic) bond motifs is 1. The fraction of sp³-hybridized carbons (Fsp3) is 0.556. The molecule has 2 rings (SSSR count). The van der Waals surface area contributed by atoms with E-state index in [2.05, 4.69) is 5.10 Å². The van der Waals surface area contributed by atoms with Crippen molar-refractivity contribution in [1.82, 2.24) is 9.78 Å². The van der Waals surface area contributed by atoms with Gasteiger partial charge in [-0.2, -0.15) is 5.10 Å². The lowest BCUT2D eigenvalue weighted by molar-refractivity contribution is -0.136. The molecule has 0 aliphatic heterocycles. The molecule has 0 saturated carbocycles. The molecule has 70 valence electrons. The summed E-state index contributed by atoms with van der Waals surface area (Å²) < 4.78 is 1.82. The molecule has 0 atom stereocenters. The number of hydrogen-bond acceptors (Lipinski definition) is 2. The van der Waals surface area contributed by atoms with Crippen LogP contribution in [0.2, 0.25) is 0 Å². The van der Waals surface area contributed by atoms with Crippen LogP contribution in [0, 0.1) is 0 Å². The third kappa shape index (κ3) is 1.32. The summed E-state index contributed by atoms with van der Waals surface area (Å²) in [6, 6.07) is 0. The highest BCUT2D eigenvalue weighted by Crippen LogP contribution is 2.24. The molecule has 4 heteroatoms. The maximum Gasteiger partial charge on any atom is 0.309 e. The Balaban J connectivity index is 2.36. The molecule has 0 fully saturated rings. The summed E-state index contributed by atoms with van der Waals surface area (Å²) in [4.78, 5) is 10.5. The Morgan fingerprint density at radius 3 is 3.08 bits per heavy atom. The van der Waals surface area contributed by atoms with Crippen molar-refractivity contribution in [1.29, 1.82) is 0 Å². The number of aromatic nitrogens is 2. The number of carbonyl (C=O) groups is 1. The molecule has 0 amide bonds. The Morgan fingerprint density at radius 2 is 2.38 bits per heavy atom. The van der Waals surface area contributed by atoms with Crippen LogP contribution >= 0.6 is 0 Å². The number of carboxylic acid groups (broad SMARTS) is 1. The van der Waals surface area contributed by atoms with Gasteiger partial charge >= 0.3 is 5.97 Å². The van der Waals surface area contributed by atoms with Crippen molar-refractivity contribution in [3.05, 3.63) is 17.0 Å². The van der Waals surface area contributed by atoms with Crippen LogP contribution in [0.1, 0.15) is 23.4 Å². The summed E-state index contributed by atoms with van der Waals surface area (Å²) in [7, 11) is 1.88.